The van der Waals surface area contributed by atoms with Crippen molar-refractivity contribution in [1.82, 2.24) is 9.80 Å². The lowest BCUT2D eigenvalue weighted by Gasteiger charge is -2.36. The lowest BCUT2D eigenvalue weighted by atomic mass is 10.1. The van der Waals surface area contributed by atoms with Gasteiger partial charge >= 0.3 is 0 Å². The molecule has 1 atom stereocenters. The average molecular weight is 391 g/mol. The van der Waals surface area contributed by atoms with Gasteiger partial charge in [0.05, 0.1) is 0 Å². The smallest absolute Gasteiger partial charge is 0.255 e. The van der Waals surface area contributed by atoms with Gasteiger partial charge in [0.15, 0.2) is 0 Å². The molecule has 150 valence electrons. The molecule has 0 saturated carbocycles. The van der Waals surface area contributed by atoms with E-state index in [1.54, 1.807) is 21.9 Å². The third-order valence-corrected chi connectivity index (χ3v) is 5.73. The van der Waals surface area contributed by atoms with Gasteiger partial charge in [0.2, 0.25) is 11.8 Å². The molecule has 2 fully saturated rings. The summed E-state index contributed by atoms with van der Waals surface area (Å²) in [5.74, 6) is -0.119. The zero-order valence-corrected chi connectivity index (χ0v) is 16.8. The van der Waals surface area contributed by atoms with Crippen molar-refractivity contribution >= 4 is 23.4 Å². The van der Waals surface area contributed by atoms with Gasteiger partial charge in [-0.3, -0.25) is 14.4 Å². The Bertz CT molecular complexity index is 968. The molecule has 2 saturated heterocycles. The number of aryl methyl sites for hydroxylation is 2. The maximum atomic E-state index is 12.7. The molecular weight excluding hydrogens is 366 g/mol. The number of carbonyl (C=O) groups excluding carboxylic acids is 3. The summed E-state index contributed by atoms with van der Waals surface area (Å²) in [6, 6.07) is 12.9. The van der Waals surface area contributed by atoms with E-state index in [9.17, 15) is 14.4 Å². The fraction of sp³-hybridized carbons (Fsp3) is 0.348. The molecule has 2 aromatic carbocycles. The van der Waals surface area contributed by atoms with E-state index in [0.29, 0.717) is 18.7 Å². The van der Waals surface area contributed by atoms with Crippen molar-refractivity contribution in [1.29, 1.82) is 0 Å². The van der Waals surface area contributed by atoms with Crippen LogP contribution in [0.15, 0.2) is 42.5 Å². The standard InChI is InChI=1S/C23H25N3O3/c1-15-5-6-16(2)19(12-15)24-22(28)18-9-7-17(8-10-18)13-25-14-21(27)26-11-3-4-20(26)23(25)29/h5-10,12,20H,3-4,11,13-14H2,1-2H3,(H,24,28). The quantitative estimate of drug-likeness (QED) is 0.871. The van der Waals surface area contributed by atoms with Gasteiger partial charge in [-0.05, 0) is 61.6 Å². The average Bonchev–Trinajstić information content (AvgIpc) is 3.20. The van der Waals surface area contributed by atoms with Crippen molar-refractivity contribution in [3.05, 3.63) is 64.7 Å². The van der Waals surface area contributed by atoms with Crippen molar-refractivity contribution in [2.75, 3.05) is 18.4 Å². The highest BCUT2D eigenvalue weighted by atomic mass is 16.2. The highest BCUT2D eigenvalue weighted by molar-refractivity contribution is 6.04. The minimum atomic E-state index is -0.293. The molecule has 0 aromatic heterocycles. The first kappa shape index (κ1) is 19.2. The van der Waals surface area contributed by atoms with Gasteiger partial charge in [-0.15, -0.1) is 0 Å². The first-order chi connectivity index (χ1) is 13.9. The second-order valence-electron chi connectivity index (χ2n) is 7.91. The number of benzene rings is 2. The summed E-state index contributed by atoms with van der Waals surface area (Å²) < 4.78 is 0. The van der Waals surface area contributed by atoms with Crippen LogP contribution in [0, 0.1) is 13.8 Å². The highest BCUT2D eigenvalue weighted by Gasteiger charge is 2.41. The Hall–Kier alpha value is -3.15. The van der Waals surface area contributed by atoms with Gasteiger partial charge in [0.1, 0.15) is 12.6 Å². The molecule has 1 unspecified atom stereocenters. The zero-order chi connectivity index (χ0) is 20.5. The molecule has 0 bridgehead atoms. The van der Waals surface area contributed by atoms with Gasteiger partial charge in [-0.25, -0.2) is 0 Å². The van der Waals surface area contributed by atoms with E-state index in [1.165, 1.54) is 0 Å². The molecule has 0 spiro atoms. The Labute approximate surface area is 170 Å². The molecule has 4 rings (SSSR count). The van der Waals surface area contributed by atoms with Crippen LogP contribution < -0.4 is 5.32 Å². The summed E-state index contributed by atoms with van der Waals surface area (Å²) in [6.45, 7) is 5.15. The third kappa shape index (κ3) is 3.88. The number of rotatable bonds is 4. The molecule has 2 aliphatic heterocycles. The summed E-state index contributed by atoms with van der Waals surface area (Å²) >= 11 is 0. The molecule has 0 aliphatic carbocycles. The number of hydrogen-bond acceptors (Lipinski definition) is 3. The molecule has 2 heterocycles. The van der Waals surface area contributed by atoms with Crippen molar-refractivity contribution in [3.8, 4) is 0 Å². The minimum Gasteiger partial charge on any atom is -0.329 e. The third-order valence-electron chi connectivity index (χ3n) is 5.73. The number of nitrogens with one attached hydrogen (secondary N) is 1. The molecule has 1 N–H and O–H groups in total. The molecule has 6 heteroatoms. The summed E-state index contributed by atoms with van der Waals surface area (Å²) in [7, 11) is 0. The van der Waals surface area contributed by atoms with E-state index in [0.717, 1.165) is 35.2 Å². The molecule has 3 amide bonds. The fourth-order valence-corrected chi connectivity index (χ4v) is 4.05. The molecular formula is C23H25N3O3. The van der Waals surface area contributed by atoms with Crippen LogP contribution in [-0.2, 0) is 16.1 Å². The van der Waals surface area contributed by atoms with E-state index in [2.05, 4.69) is 5.32 Å². The Balaban J connectivity index is 1.42. The highest BCUT2D eigenvalue weighted by Crippen LogP contribution is 2.25. The second-order valence-corrected chi connectivity index (χ2v) is 7.91. The largest absolute Gasteiger partial charge is 0.329 e. The van der Waals surface area contributed by atoms with Crippen molar-refractivity contribution in [2.45, 2.75) is 39.3 Å². The topological polar surface area (TPSA) is 69.7 Å². The fourth-order valence-electron chi connectivity index (χ4n) is 4.05. The molecule has 0 radical (unpaired) electrons. The Kier molecular flexibility index (Phi) is 5.09. The van der Waals surface area contributed by atoms with Crippen LogP contribution in [0.2, 0.25) is 0 Å². The predicted octanol–water partition coefficient (Wildman–Crippen LogP) is 2.89. The number of anilines is 1. The monoisotopic (exact) mass is 391 g/mol. The number of amides is 3. The van der Waals surface area contributed by atoms with Crippen LogP contribution in [-0.4, -0.2) is 46.7 Å². The Morgan fingerprint density at radius 2 is 1.86 bits per heavy atom. The van der Waals surface area contributed by atoms with Gasteiger partial charge in [-0.2, -0.15) is 0 Å². The van der Waals surface area contributed by atoms with E-state index in [4.69, 9.17) is 0 Å². The zero-order valence-electron chi connectivity index (χ0n) is 16.8. The van der Waals surface area contributed by atoms with Crippen LogP contribution in [0.3, 0.4) is 0 Å². The lowest BCUT2D eigenvalue weighted by molar-refractivity contribution is -0.154. The SMILES string of the molecule is Cc1ccc(C)c(NC(=O)c2ccc(CN3CC(=O)N4CCCC4C3=O)cc2)c1. The van der Waals surface area contributed by atoms with E-state index in [1.807, 2.05) is 44.2 Å². The first-order valence-electron chi connectivity index (χ1n) is 9.98. The summed E-state index contributed by atoms with van der Waals surface area (Å²) in [5, 5.41) is 2.95. The predicted molar refractivity (Wildman–Crippen MR) is 110 cm³/mol. The summed E-state index contributed by atoms with van der Waals surface area (Å²) in [4.78, 5) is 40.8. The number of carbonyl (C=O) groups is 3. The van der Waals surface area contributed by atoms with Crippen LogP contribution in [0.1, 0.15) is 39.9 Å². The van der Waals surface area contributed by atoms with Crippen molar-refractivity contribution in [2.24, 2.45) is 0 Å². The second kappa shape index (κ2) is 7.70. The van der Waals surface area contributed by atoms with Crippen LogP contribution in [0.4, 0.5) is 5.69 Å². The maximum Gasteiger partial charge on any atom is 0.255 e. The van der Waals surface area contributed by atoms with Gasteiger partial charge in [-0.1, -0.05) is 24.3 Å². The van der Waals surface area contributed by atoms with E-state index in [-0.39, 0.29) is 30.3 Å². The number of fused-ring (bicyclic) bond motifs is 1. The van der Waals surface area contributed by atoms with E-state index < -0.39 is 0 Å². The van der Waals surface area contributed by atoms with Crippen molar-refractivity contribution < 1.29 is 14.4 Å². The molecule has 2 aromatic rings. The van der Waals surface area contributed by atoms with Crippen LogP contribution >= 0.6 is 0 Å². The Morgan fingerprint density at radius 3 is 2.62 bits per heavy atom. The molecule has 29 heavy (non-hydrogen) atoms. The number of piperazine rings is 1. The van der Waals surface area contributed by atoms with E-state index >= 15 is 0 Å². The number of hydrogen-bond donors (Lipinski definition) is 1. The normalized spacial score (nSPS) is 18.8. The summed E-state index contributed by atoms with van der Waals surface area (Å²) in [6.07, 6.45) is 1.64. The minimum absolute atomic E-state index is 0.0247. The first-order valence-corrected chi connectivity index (χ1v) is 9.98. The maximum absolute atomic E-state index is 12.7. The van der Waals surface area contributed by atoms with Gasteiger partial charge in [0.25, 0.3) is 5.91 Å². The van der Waals surface area contributed by atoms with Gasteiger partial charge in [0, 0.05) is 24.3 Å². The van der Waals surface area contributed by atoms with Crippen LogP contribution in [0.5, 0.6) is 0 Å². The van der Waals surface area contributed by atoms with Crippen LogP contribution in [0.25, 0.3) is 0 Å². The Morgan fingerprint density at radius 1 is 1.10 bits per heavy atom. The lowest BCUT2D eigenvalue weighted by Crippen LogP contribution is -2.56. The molecule has 2 aliphatic rings. The molecule has 6 nitrogen and oxygen atoms in total. The number of nitrogens with zero attached hydrogens (tertiary/aromatic N) is 2. The summed E-state index contributed by atoms with van der Waals surface area (Å²) in [5.41, 5.74) is 4.36. The van der Waals surface area contributed by atoms with Gasteiger partial charge < -0.3 is 15.1 Å². The van der Waals surface area contributed by atoms with Crippen molar-refractivity contribution in [3.63, 3.8) is 0 Å².